The molecule has 0 fully saturated rings. The number of hydrogen-bond acceptors (Lipinski definition) is 2. The van der Waals surface area contributed by atoms with Crippen LogP contribution < -0.4 is 5.32 Å². The van der Waals surface area contributed by atoms with E-state index in [0.717, 1.165) is 16.7 Å². The third-order valence-electron chi connectivity index (χ3n) is 2.64. The fourth-order valence-corrected chi connectivity index (χ4v) is 1.82. The van der Waals surface area contributed by atoms with E-state index in [1.54, 1.807) is 0 Å². The van der Waals surface area contributed by atoms with Gasteiger partial charge in [0.05, 0.1) is 0 Å². The van der Waals surface area contributed by atoms with E-state index in [4.69, 9.17) is 5.53 Å². The highest BCUT2D eigenvalue weighted by molar-refractivity contribution is 5.99. The van der Waals surface area contributed by atoms with E-state index in [-0.39, 0.29) is 5.91 Å². The lowest BCUT2D eigenvalue weighted by molar-refractivity contribution is 0.0966. The molecule has 1 aliphatic rings. The van der Waals surface area contributed by atoms with Crippen LogP contribution in [-0.4, -0.2) is 12.5 Å². The third kappa shape index (κ3) is 2.46. The number of hydrogen-bond donors (Lipinski definition) is 1. The van der Waals surface area contributed by atoms with Crippen LogP contribution in [-0.2, 0) is 6.54 Å². The molecule has 0 saturated heterocycles. The number of nitrogens with one attached hydrogen (secondary N) is 1. The van der Waals surface area contributed by atoms with Gasteiger partial charge in [0, 0.05) is 23.6 Å². The van der Waals surface area contributed by atoms with Crippen LogP contribution in [0.5, 0.6) is 0 Å². The molecule has 1 aliphatic heterocycles. The van der Waals surface area contributed by atoms with E-state index in [1.807, 2.05) is 30.4 Å². The monoisotopic (exact) mass is 228 g/mol. The van der Waals surface area contributed by atoms with Crippen molar-refractivity contribution >= 4 is 12.0 Å². The maximum atomic E-state index is 11.4. The fraction of sp³-hybridized carbons (Fsp3) is 0.250. The summed E-state index contributed by atoms with van der Waals surface area (Å²) >= 11 is 0. The van der Waals surface area contributed by atoms with Crippen molar-refractivity contribution < 1.29 is 4.79 Å². The van der Waals surface area contributed by atoms with Gasteiger partial charge in [-0.3, -0.25) is 4.79 Å². The quantitative estimate of drug-likeness (QED) is 0.365. The highest BCUT2D eigenvalue weighted by Crippen LogP contribution is 2.21. The molecule has 1 aromatic rings. The molecule has 1 N–H and O–H groups in total. The molecule has 0 unspecified atom stereocenters. The molecule has 5 nitrogen and oxygen atoms in total. The van der Waals surface area contributed by atoms with Crippen molar-refractivity contribution in [1.82, 2.24) is 5.32 Å². The zero-order valence-electron chi connectivity index (χ0n) is 9.26. The second-order valence-corrected chi connectivity index (χ2v) is 3.70. The second-order valence-electron chi connectivity index (χ2n) is 3.70. The molecule has 1 amide bonds. The number of amides is 1. The Balaban J connectivity index is 2.12. The minimum Gasteiger partial charge on any atom is -0.348 e. The van der Waals surface area contributed by atoms with Crippen LogP contribution in [0.3, 0.4) is 0 Å². The van der Waals surface area contributed by atoms with Crippen molar-refractivity contribution in [2.45, 2.75) is 13.0 Å². The molecule has 2 rings (SSSR count). The van der Waals surface area contributed by atoms with Crippen molar-refractivity contribution in [3.63, 3.8) is 0 Å². The van der Waals surface area contributed by atoms with Gasteiger partial charge in [0.2, 0.25) is 0 Å². The minimum atomic E-state index is -0.00988. The van der Waals surface area contributed by atoms with Crippen LogP contribution in [0.15, 0.2) is 29.4 Å². The topological polar surface area (TPSA) is 77.9 Å². The number of carbonyl (C=O) groups excluding carboxylic acids is 1. The predicted octanol–water partition coefficient (Wildman–Crippen LogP) is 2.64. The van der Waals surface area contributed by atoms with E-state index in [9.17, 15) is 4.79 Å². The Labute approximate surface area is 98.8 Å². The van der Waals surface area contributed by atoms with Crippen LogP contribution in [0.4, 0.5) is 0 Å². The highest BCUT2D eigenvalue weighted by Gasteiger charge is 2.19. The predicted molar refractivity (Wildman–Crippen MR) is 65.3 cm³/mol. The molecule has 0 radical (unpaired) electrons. The van der Waals surface area contributed by atoms with Gasteiger partial charge in [0.1, 0.15) is 0 Å². The average molecular weight is 228 g/mol. The van der Waals surface area contributed by atoms with Gasteiger partial charge in [-0.05, 0) is 29.1 Å². The van der Waals surface area contributed by atoms with E-state index >= 15 is 0 Å². The van der Waals surface area contributed by atoms with Gasteiger partial charge < -0.3 is 5.32 Å². The zero-order chi connectivity index (χ0) is 12.1. The molecule has 5 heteroatoms. The minimum absolute atomic E-state index is 0.00988. The van der Waals surface area contributed by atoms with Crippen LogP contribution >= 0.6 is 0 Å². The molecule has 0 bridgehead atoms. The molecule has 0 atom stereocenters. The smallest absolute Gasteiger partial charge is 0.251 e. The Kier molecular flexibility index (Phi) is 3.43. The summed E-state index contributed by atoms with van der Waals surface area (Å²) in [4.78, 5) is 14.1. The van der Waals surface area contributed by atoms with Gasteiger partial charge in [-0.2, -0.15) is 0 Å². The van der Waals surface area contributed by atoms with Crippen LogP contribution in [0.25, 0.3) is 16.5 Å². The van der Waals surface area contributed by atoms with Gasteiger partial charge in [-0.1, -0.05) is 29.4 Å². The molecule has 17 heavy (non-hydrogen) atoms. The number of benzene rings is 1. The summed E-state index contributed by atoms with van der Waals surface area (Å²) in [5.74, 6) is -0.00988. The molecule has 0 saturated carbocycles. The number of rotatable bonds is 4. The summed E-state index contributed by atoms with van der Waals surface area (Å²) in [5.41, 5.74) is 11.0. The summed E-state index contributed by atoms with van der Waals surface area (Å²) in [6, 6.07) is 5.68. The Hall–Kier alpha value is -2.26. The lowest BCUT2D eigenvalue weighted by Crippen LogP contribution is -2.12. The van der Waals surface area contributed by atoms with E-state index in [2.05, 4.69) is 15.3 Å². The van der Waals surface area contributed by atoms with Gasteiger partial charge in [0.25, 0.3) is 5.91 Å². The largest absolute Gasteiger partial charge is 0.348 e. The van der Waals surface area contributed by atoms with E-state index in [0.29, 0.717) is 19.5 Å². The van der Waals surface area contributed by atoms with Crippen molar-refractivity contribution in [2.75, 3.05) is 6.54 Å². The normalized spacial score (nSPS) is 13.3. The molecular formula is C12H12N4O. The number of fused-ring (bicyclic) bond motifs is 1. The second kappa shape index (κ2) is 5.18. The maximum absolute atomic E-state index is 11.4. The van der Waals surface area contributed by atoms with Crippen molar-refractivity contribution in [2.24, 2.45) is 5.11 Å². The average Bonchev–Trinajstić information content (AvgIpc) is 2.72. The van der Waals surface area contributed by atoms with Gasteiger partial charge in [-0.25, -0.2) is 0 Å². The van der Waals surface area contributed by atoms with Crippen molar-refractivity contribution in [1.29, 1.82) is 0 Å². The van der Waals surface area contributed by atoms with Crippen molar-refractivity contribution in [3.8, 4) is 0 Å². The first-order valence-corrected chi connectivity index (χ1v) is 5.40. The molecular weight excluding hydrogens is 216 g/mol. The fourth-order valence-electron chi connectivity index (χ4n) is 1.82. The molecule has 0 aromatic heterocycles. The lowest BCUT2D eigenvalue weighted by Gasteiger charge is -2.00. The summed E-state index contributed by atoms with van der Waals surface area (Å²) < 4.78 is 0. The van der Waals surface area contributed by atoms with Crippen molar-refractivity contribution in [3.05, 3.63) is 51.4 Å². The first kappa shape index (κ1) is 11.2. The Bertz CT molecular complexity index is 515. The molecule has 86 valence electrons. The summed E-state index contributed by atoms with van der Waals surface area (Å²) in [5, 5.41) is 6.25. The van der Waals surface area contributed by atoms with E-state index in [1.165, 1.54) is 0 Å². The van der Waals surface area contributed by atoms with Crippen LogP contribution in [0.1, 0.15) is 27.9 Å². The molecule has 0 aliphatic carbocycles. The molecule has 1 aromatic carbocycles. The number of azide groups is 1. The Morgan fingerprint density at radius 1 is 1.53 bits per heavy atom. The Morgan fingerprint density at radius 3 is 3.24 bits per heavy atom. The van der Waals surface area contributed by atoms with Crippen LogP contribution in [0, 0.1) is 0 Å². The van der Waals surface area contributed by atoms with Crippen LogP contribution in [0.2, 0.25) is 0 Å². The van der Waals surface area contributed by atoms with Gasteiger partial charge >= 0.3 is 0 Å². The summed E-state index contributed by atoms with van der Waals surface area (Å²) in [6.07, 6.45) is 4.62. The first-order chi connectivity index (χ1) is 8.33. The number of nitrogens with zero attached hydrogens (tertiary/aromatic N) is 3. The van der Waals surface area contributed by atoms with Gasteiger partial charge in [0.15, 0.2) is 0 Å². The highest BCUT2D eigenvalue weighted by atomic mass is 16.1. The Morgan fingerprint density at radius 2 is 2.41 bits per heavy atom. The summed E-state index contributed by atoms with van der Waals surface area (Å²) in [7, 11) is 0. The number of carbonyl (C=O) groups is 1. The first-order valence-electron chi connectivity index (χ1n) is 5.40. The third-order valence-corrected chi connectivity index (χ3v) is 2.64. The summed E-state index contributed by atoms with van der Waals surface area (Å²) in [6.45, 7) is 1.05. The molecule has 1 heterocycles. The van der Waals surface area contributed by atoms with E-state index < -0.39 is 0 Å². The zero-order valence-corrected chi connectivity index (χ0v) is 9.26. The SMILES string of the molecule is [N-]=[N+]=NCCC=Cc1cccc2c1CNC2=O. The maximum Gasteiger partial charge on any atom is 0.251 e. The lowest BCUT2D eigenvalue weighted by atomic mass is 10.0. The standard InChI is InChI=1S/C12H12N4O/c13-16-15-7-2-1-4-9-5-3-6-10-11(9)8-14-12(10)17/h1,3-6H,2,7-8H2,(H,14,17). The molecule has 0 spiro atoms. The van der Waals surface area contributed by atoms with Gasteiger partial charge in [-0.15, -0.1) is 0 Å².